The molecule has 5 nitrogen and oxygen atoms in total. The minimum absolute atomic E-state index is 0.0951. The van der Waals surface area contributed by atoms with Crippen LogP contribution in [0, 0.1) is 3.57 Å². The molecule has 3 aromatic rings. The standard InChI is InChI=1S/C16H8BrCl2IN2O3/c17-9-3-8-4-13(25-15(8)12(20)5-9)16(24)22-21-6-7-1-10(18)14(23)11(19)2-7/h1-6,23H,(H,22,24)/b21-6-. The predicted molar refractivity (Wildman–Crippen MR) is 110 cm³/mol. The lowest BCUT2D eigenvalue weighted by Gasteiger charge is -2.01. The maximum absolute atomic E-state index is 12.2. The van der Waals surface area contributed by atoms with E-state index < -0.39 is 5.91 Å². The van der Waals surface area contributed by atoms with E-state index >= 15 is 0 Å². The van der Waals surface area contributed by atoms with Crippen molar-refractivity contribution in [2.75, 3.05) is 0 Å². The minimum Gasteiger partial charge on any atom is -0.505 e. The molecule has 2 N–H and O–H groups in total. The van der Waals surface area contributed by atoms with Gasteiger partial charge in [-0.05, 0) is 58.5 Å². The van der Waals surface area contributed by atoms with Gasteiger partial charge in [0.1, 0.15) is 5.58 Å². The molecule has 9 heteroatoms. The van der Waals surface area contributed by atoms with Gasteiger partial charge in [-0.1, -0.05) is 39.1 Å². The van der Waals surface area contributed by atoms with Crippen molar-refractivity contribution in [1.29, 1.82) is 0 Å². The second kappa shape index (κ2) is 7.53. The van der Waals surface area contributed by atoms with Gasteiger partial charge in [-0.25, -0.2) is 5.43 Å². The summed E-state index contributed by atoms with van der Waals surface area (Å²) < 4.78 is 7.37. The Morgan fingerprint density at radius 2 is 1.92 bits per heavy atom. The third kappa shape index (κ3) is 4.11. The number of phenols is 1. The molecular formula is C16H8BrCl2IN2O3. The van der Waals surface area contributed by atoms with Crippen LogP contribution in [0.25, 0.3) is 11.0 Å². The maximum atomic E-state index is 12.2. The molecule has 0 spiro atoms. The fourth-order valence-electron chi connectivity index (χ4n) is 2.07. The van der Waals surface area contributed by atoms with Crippen molar-refractivity contribution < 1.29 is 14.3 Å². The summed E-state index contributed by atoms with van der Waals surface area (Å²) in [5.74, 6) is -0.548. The van der Waals surface area contributed by atoms with E-state index in [9.17, 15) is 9.90 Å². The highest BCUT2D eigenvalue weighted by Gasteiger charge is 2.14. The second-order valence-corrected chi connectivity index (χ2v) is 7.84. The number of rotatable bonds is 3. The molecule has 2 aromatic carbocycles. The molecule has 0 unspecified atom stereocenters. The Morgan fingerprint density at radius 1 is 1.24 bits per heavy atom. The van der Waals surface area contributed by atoms with Crippen LogP contribution in [-0.2, 0) is 0 Å². The van der Waals surface area contributed by atoms with E-state index in [4.69, 9.17) is 27.6 Å². The number of carbonyl (C=O) groups excluding carboxylic acids is 1. The lowest BCUT2D eigenvalue weighted by atomic mass is 10.2. The summed E-state index contributed by atoms with van der Waals surface area (Å²) in [6, 6.07) is 8.34. The molecule has 3 rings (SSSR count). The number of hydrazone groups is 1. The molecule has 0 saturated carbocycles. The number of hydrogen-bond donors (Lipinski definition) is 2. The zero-order chi connectivity index (χ0) is 18.1. The molecule has 0 aliphatic carbocycles. The number of halogens is 4. The van der Waals surface area contributed by atoms with Crippen molar-refractivity contribution in [2.45, 2.75) is 0 Å². The van der Waals surface area contributed by atoms with Crippen LogP contribution >= 0.6 is 61.7 Å². The van der Waals surface area contributed by atoms with Gasteiger partial charge in [0.25, 0.3) is 0 Å². The zero-order valence-corrected chi connectivity index (χ0v) is 17.4. The first-order valence-electron chi connectivity index (χ1n) is 6.75. The molecule has 0 radical (unpaired) electrons. The third-order valence-electron chi connectivity index (χ3n) is 3.18. The number of fused-ring (bicyclic) bond motifs is 1. The van der Waals surface area contributed by atoms with Crippen molar-refractivity contribution in [3.05, 3.63) is 59.7 Å². The molecule has 1 aromatic heterocycles. The summed E-state index contributed by atoms with van der Waals surface area (Å²) in [6.45, 7) is 0. The van der Waals surface area contributed by atoms with Gasteiger partial charge in [0.05, 0.1) is 19.8 Å². The molecule has 128 valence electrons. The van der Waals surface area contributed by atoms with E-state index in [1.54, 1.807) is 6.07 Å². The van der Waals surface area contributed by atoms with Crippen LogP contribution in [0.5, 0.6) is 5.75 Å². The average molecular weight is 554 g/mol. The summed E-state index contributed by atoms with van der Waals surface area (Å²) in [7, 11) is 0. The fourth-order valence-corrected chi connectivity index (χ4v) is 4.23. The summed E-state index contributed by atoms with van der Waals surface area (Å²) >= 11 is 17.2. The van der Waals surface area contributed by atoms with Crippen LogP contribution in [0.15, 0.2) is 44.3 Å². The van der Waals surface area contributed by atoms with Crippen LogP contribution in [0.3, 0.4) is 0 Å². The van der Waals surface area contributed by atoms with Gasteiger partial charge < -0.3 is 9.52 Å². The van der Waals surface area contributed by atoms with Gasteiger partial charge in [0.15, 0.2) is 11.5 Å². The molecule has 0 atom stereocenters. The summed E-state index contributed by atoms with van der Waals surface area (Å²) in [5, 5.41) is 14.4. The van der Waals surface area contributed by atoms with Crippen LogP contribution in [0.4, 0.5) is 0 Å². The largest absolute Gasteiger partial charge is 0.505 e. The number of hydrogen-bond acceptors (Lipinski definition) is 4. The smallest absolute Gasteiger partial charge is 0.307 e. The van der Waals surface area contributed by atoms with E-state index in [2.05, 4.69) is 49.0 Å². The first-order valence-corrected chi connectivity index (χ1v) is 9.38. The van der Waals surface area contributed by atoms with Crippen LogP contribution in [0.1, 0.15) is 16.1 Å². The number of nitrogens with zero attached hydrogens (tertiary/aromatic N) is 1. The minimum atomic E-state index is -0.490. The number of carbonyl (C=O) groups is 1. The highest BCUT2D eigenvalue weighted by atomic mass is 127. The quantitative estimate of drug-likeness (QED) is 0.253. The topological polar surface area (TPSA) is 74.8 Å². The van der Waals surface area contributed by atoms with Gasteiger partial charge in [0, 0.05) is 9.86 Å². The van der Waals surface area contributed by atoms with Gasteiger partial charge in [-0.3, -0.25) is 4.79 Å². The van der Waals surface area contributed by atoms with Gasteiger partial charge in [0.2, 0.25) is 0 Å². The molecule has 0 bridgehead atoms. The Balaban J connectivity index is 1.78. The summed E-state index contributed by atoms with van der Waals surface area (Å²) in [4.78, 5) is 12.2. The van der Waals surface area contributed by atoms with Crippen molar-refractivity contribution in [2.24, 2.45) is 5.10 Å². The van der Waals surface area contributed by atoms with E-state index in [1.165, 1.54) is 18.3 Å². The number of furan rings is 1. The van der Waals surface area contributed by atoms with E-state index in [-0.39, 0.29) is 21.6 Å². The fraction of sp³-hybridized carbons (Fsp3) is 0. The van der Waals surface area contributed by atoms with Crippen molar-refractivity contribution in [3.63, 3.8) is 0 Å². The van der Waals surface area contributed by atoms with Crippen molar-refractivity contribution in [3.8, 4) is 5.75 Å². The Morgan fingerprint density at radius 3 is 2.60 bits per heavy atom. The molecule has 0 saturated heterocycles. The first kappa shape index (κ1) is 18.5. The molecule has 0 aliphatic rings. The Labute approximate surface area is 174 Å². The molecular weight excluding hydrogens is 546 g/mol. The normalized spacial score (nSPS) is 11.4. The number of nitrogens with one attached hydrogen (secondary N) is 1. The van der Waals surface area contributed by atoms with Gasteiger partial charge in [-0.2, -0.15) is 5.10 Å². The molecule has 1 heterocycles. The third-order valence-corrected chi connectivity index (χ3v) is 5.01. The lowest BCUT2D eigenvalue weighted by molar-refractivity contribution is 0.0929. The van der Waals surface area contributed by atoms with Crippen LogP contribution < -0.4 is 5.43 Å². The van der Waals surface area contributed by atoms with Gasteiger partial charge in [-0.15, -0.1) is 0 Å². The van der Waals surface area contributed by atoms with Gasteiger partial charge >= 0.3 is 5.91 Å². The van der Waals surface area contributed by atoms with Crippen molar-refractivity contribution in [1.82, 2.24) is 5.43 Å². The Hall–Kier alpha value is -1.29. The maximum Gasteiger partial charge on any atom is 0.307 e. The monoisotopic (exact) mass is 552 g/mol. The number of aromatic hydroxyl groups is 1. The molecule has 25 heavy (non-hydrogen) atoms. The van der Waals surface area contributed by atoms with E-state index in [0.29, 0.717) is 11.1 Å². The average Bonchev–Trinajstić information content (AvgIpc) is 2.96. The molecule has 0 fully saturated rings. The first-order chi connectivity index (χ1) is 11.8. The number of amides is 1. The molecule has 0 aliphatic heterocycles. The zero-order valence-electron chi connectivity index (χ0n) is 12.2. The highest BCUT2D eigenvalue weighted by Crippen LogP contribution is 2.32. The predicted octanol–water partition coefficient (Wildman–Crippen LogP) is 5.58. The Bertz CT molecular complexity index is 997. The number of benzene rings is 2. The molecule has 1 amide bonds. The lowest BCUT2D eigenvalue weighted by Crippen LogP contribution is -2.16. The van der Waals surface area contributed by atoms with E-state index in [0.717, 1.165) is 13.4 Å². The second-order valence-electron chi connectivity index (χ2n) is 4.95. The Kier molecular flexibility index (Phi) is 5.57. The number of phenolic OH excluding ortho intramolecular Hbond substituents is 1. The van der Waals surface area contributed by atoms with Crippen molar-refractivity contribution >= 4 is 84.8 Å². The highest BCUT2D eigenvalue weighted by molar-refractivity contribution is 14.1. The van der Waals surface area contributed by atoms with Crippen LogP contribution in [0.2, 0.25) is 10.0 Å². The summed E-state index contributed by atoms with van der Waals surface area (Å²) in [6.07, 6.45) is 1.36. The van der Waals surface area contributed by atoms with E-state index in [1.807, 2.05) is 12.1 Å². The summed E-state index contributed by atoms with van der Waals surface area (Å²) in [5.41, 5.74) is 3.53. The SMILES string of the molecule is O=C(N/N=C\c1cc(Cl)c(O)c(Cl)c1)c1cc2cc(Br)cc(I)c2o1. The van der Waals surface area contributed by atoms with Crippen LogP contribution in [-0.4, -0.2) is 17.2 Å².